The lowest BCUT2D eigenvalue weighted by Gasteiger charge is -2.08. The molecule has 0 aromatic heterocycles. The van der Waals surface area contributed by atoms with E-state index < -0.39 is 0 Å². The first-order valence-corrected chi connectivity index (χ1v) is 6.46. The number of nitrogens with two attached hydrogens (primary N) is 1. The standard InChI is InChI=1S/C15H15ClN4/c1-18-15(17)20-19-14(11-5-3-2-4-6-11)12-7-9-13(16)10-8-12/h2-10H,1H3,(H3,17,18,20)/b19-14+. The molecule has 20 heavy (non-hydrogen) atoms. The zero-order valence-corrected chi connectivity index (χ0v) is 11.8. The van der Waals surface area contributed by atoms with Crippen molar-refractivity contribution in [2.75, 3.05) is 7.05 Å². The molecule has 0 heterocycles. The Balaban J connectivity index is 2.41. The zero-order valence-electron chi connectivity index (χ0n) is 11.0. The number of rotatable bonds is 3. The average Bonchev–Trinajstić information content (AvgIpc) is 2.50. The summed E-state index contributed by atoms with van der Waals surface area (Å²) in [6.07, 6.45) is 0. The molecule has 3 N–H and O–H groups in total. The van der Waals surface area contributed by atoms with Gasteiger partial charge in [-0.3, -0.25) is 4.99 Å². The molecule has 0 spiro atoms. The maximum absolute atomic E-state index is 5.92. The summed E-state index contributed by atoms with van der Waals surface area (Å²) >= 11 is 5.92. The van der Waals surface area contributed by atoms with Crippen LogP contribution in [-0.4, -0.2) is 18.7 Å². The van der Waals surface area contributed by atoms with E-state index in [4.69, 9.17) is 17.3 Å². The minimum absolute atomic E-state index is 0.257. The second-order valence-electron chi connectivity index (χ2n) is 4.05. The molecule has 2 rings (SSSR count). The van der Waals surface area contributed by atoms with Crippen LogP contribution in [0, 0.1) is 0 Å². The molecule has 4 nitrogen and oxygen atoms in total. The molecular formula is C15H15ClN4. The average molecular weight is 287 g/mol. The topological polar surface area (TPSA) is 62.8 Å². The van der Waals surface area contributed by atoms with Crippen molar-refractivity contribution in [1.82, 2.24) is 5.43 Å². The fourth-order valence-electron chi connectivity index (χ4n) is 1.66. The molecule has 0 saturated carbocycles. The highest BCUT2D eigenvalue weighted by Gasteiger charge is 2.07. The van der Waals surface area contributed by atoms with E-state index in [1.54, 1.807) is 7.05 Å². The van der Waals surface area contributed by atoms with E-state index in [1.165, 1.54) is 0 Å². The predicted octanol–water partition coefficient (Wildman–Crippen LogP) is 2.63. The van der Waals surface area contributed by atoms with Crippen LogP contribution in [0.1, 0.15) is 11.1 Å². The smallest absolute Gasteiger partial charge is 0.209 e. The van der Waals surface area contributed by atoms with E-state index >= 15 is 0 Å². The lowest BCUT2D eigenvalue weighted by molar-refractivity contribution is 0.999. The minimum atomic E-state index is 0.257. The third kappa shape index (κ3) is 3.59. The minimum Gasteiger partial charge on any atom is -0.369 e. The number of aliphatic imine (C=N–C) groups is 1. The molecule has 0 unspecified atom stereocenters. The molecule has 0 radical (unpaired) electrons. The highest BCUT2D eigenvalue weighted by atomic mass is 35.5. The van der Waals surface area contributed by atoms with E-state index in [0.717, 1.165) is 16.8 Å². The highest BCUT2D eigenvalue weighted by molar-refractivity contribution is 6.30. The van der Waals surface area contributed by atoms with Gasteiger partial charge in [0.25, 0.3) is 0 Å². The quantitative estimate of drug-likeness (QED) is 0.518. The summed E-state index contributed by atoms with van der Waals surface area (Å²) in [5.41, 5.74) is 11.0. The van der Waals surface area contributed by atoms with Crippen LogP contribution in [0.3, 0.4) is 0 Å². The maximum atomic E-state index is 5.92. The fourth-order valence-corrected chi connectivity index (χ4v) is 1.79. The molecule has 0 aliphatic rings. The van der Waals surface area contributed by atoms with Crippen LogP contribution >= 0.6 is 11.6 Å². The first-order valence-electron chi connectivity index (χ1n) is 6.08. The van der Waals surface area contributed by atoms with Crippen molar-refractivity contribution in [2.24, 2.45) is 15.8 Å². The Hall–Kier alpha value is -2.33. The van der Waals surface area contributed by atoms with Crippen LogP contribution in [0.25, 0.3) is 0 Å². The third-order valence-corrected chi connectivity index (χ3v) is 2.94. The van der Waals surface area contributed by atoms with Crippen LogP contribution in [0.2, 0.25) is 5.02 Å². The van der Waals surface area contributed by atoms with Crippen LogP contribution in [0.4, 0.5) is 0 Å². The molecule has 0 bridgehead atoms. The molecule has 2 aromatic carbocycles. The Labute approximate surface area is 123 Å². The van der Waals surface area contributed by atoms with Gasteiger partial charge in [0, 0.05) is 23.2 Å². The van der Waals surface area contributed by atoms with Crippen molar-refractivity contribution in [3.8, 4) is 0 Å². The zero-order chi connectivity index (χ0) is 14.4. The summed E-state index contributed by atoms with van der Waals surface area (Å²) in [5.74, 6) is 0.257. The molecule has 0 aliphatic heterocycles. The highest BCUT2D eigenvalue weighted by Crippen LogP contribution is 2.14. The number of nitrogens with one attached hydrogen (secondary N) is 1. The van der Waals surface area contributed by atoms with Crippen molar-refractivity contribution >= 4 is 23.3 Å². The van der Waals surface area contributed by atoms with Crippen molar-refractivity contribution in [2.45, 2.75) is 0 Å². The summed E-state index contributed by atoms with van der Waals surface area (Å²) in [4.78, 5) is 3.82. The number of hydrogen-bond acceptors (Lipinski definition) is 2. The molecule has 0 aliphatic carbocycles. The lowest BCUT2D eigenvalue weighted by atomic mass is 10.0. The summed E-state index contributed by atoms with van der Waals surface area (Å²) in [5, 5.41) is 5.02. The summed E-state index contributed by atoms with van der Waals surface area (Å²) in [7, 11) is 1.60. The summed E-state index contributed by atoms with van der Waals surface area (Å²) in [6, 6.07) is 17.3. The normalized spacial score (nSPS) is 12.3. The Morgan fingerprint density at radius 1 is 1.00 bits per heavy atom. The van der Waals surface area contributed by atoms with Gasteiger partial charge in [0.15, 0.2) is 0 Å². The van der Waals surface area contributed by atoms with Gasteiger partial charge in [-0.25, -0.2) is 5.43 Å². The second-order valence-corrected chi connectivity index (χ2v) is 4.49. The van der Waals surface area contributed by atoms with Crippen LogP contribution in [0.5, 0.6) is 0 Å². The molecule has 102 valence electrons. The predicted molar refractivity (Wildman–Crippen MR) is 84.2 cm³/mol. The Morgan fingerprint density at radius 3 is 2.20 bits per heavy atom. The van der Waals surface area contributed by atoms with E-state index in [0.29, 0.717) is 5.02 Å². The van der Waals surface area contributed by atoms with Gasteiger partial charge in [-0.1, -0.05) is 54.1 Å². The van der Waals surface area contributed by atoms with Crippen molar-refractivity contribution in [3.63, 3.8) is 0 Å². The third-order valence-electron chi connectivity index (χ3n) is 2.69. The first-order chi connectivity index (χ1) is 9.70. The Kier molecular flexibility index (Phi) is 4.74. The van der Waals surface area contributed by atoms with Crippen LogP contribution in [-0.2, 0) is 0 Å². The SMILES string of the molecule is CN=C(N)N/N=C(\c1ccccc1)c1ccc(Cl)cc1. The van der Waals surface area contributed by atoms with E-state index in [2.05, 4.69) is 15.5 Å². The Bertz CT molecular complexity index is 618. The monoisotopic (exact) mass is 286 g/mol. The van der Waals surface area contributed by atoms with E-state index in [9.17, 15) is 0 Å². The van der Waals surface area contributed by atoms with Gasteiger partial charge < -0.3 is 5.73 Å². The molecule has 0 amide bonds. The van der Waals surface area contributed by atoms with Gasteiger partial charge >= 0.3 is 0 Å². The van der Waals surface area contributed by atoms with Crippen LogP contribution < -0.4 is 11.2 Å². The van der Waals surface area contributed by atoms with Crippen molar-refractivity contribution in [3.05, 3.63) is 70.7 Å². The van der Waals surface area contributed by atoms with E-state index in [1.807, 2.05) is 54.6 Å². The number of hydrazone groups is 1. The molecule has 0 atom stereocenters. The molecule has 0 fully saturated rings. The van der Waals surface area contributed by atoms with Gasteiger partial charge in [0.2, 0.25) is 5.96 Å². The van der Waals surface area contributed by atoms with Gasteiger partial charge in [0.1, 0.15) is 0 Å². The number of halogens is 1. The summed E-state index contributed by atoms with van der Waals surface area (Å²) < 4.78 is 0. The maximum Gasteiger partial charge on any atom is 0.209 e. The fraction of sp³-hybridized carbons (Fsp3) is 0.0667. The van der Waals surface area contributed by atoms with Gasteiger partial charge in [0.05, 0.1) is 5.71 Å². The number of nitrogens with zero attached hydrogens (tertiary/aromatic N) is 2. The first kappa shape index (κ1) is 14.1. The van der Waals surface area contributed by atoms with Gasteiger partial charge in [-0.2, -0.15) is 5.10 Å². The number of benzene rings is 2. The number of hydrogen-bond donors (Lipinski definition) is 2. The van der Waals surface area contributed by atoms with Crippen molar-refractivity contribution in [1.29, 1.82) is 0 Å². The molecular weight excluding hydrogens is 272 g/mol. The summed E-state index contributed by atoms with van der Waals surface area (Å²) in [6.45, 7) is 0. The molecule has 0 saturated heterocycles. The van der Waals surface area contributed by atoms with E-state index in [-0.39, 0.29) is 5.96 Å². The van der Waals surface area contributed by atoms with Crippen LogP contribution in [0.15, 0.2) is 64.7 Å². The largest absolute Gasteiger partial charge is 0.369 e. The van der Waals surface area contributed by atoms with Gasteiger partial charge in [-0.05, 0) is 12.1 Å². The number of guanidine groups is 1. The second kappa shape index (κ2) is 6.73. The lowest BCUT2D eigenvalue weighted by Crippen LogP contribution is -2.28. The molecule has 5 heteroatoms. The van der Waals surface area contributed by atoms with Crippen molar-refractivity contribution < 1.29 is 0 Å². The Morgan fingerprint density at radius 2 is 1.60 bits per heavy atom. The molecule has 2 aromatic rings. The van der Waals surface area contributed by atoms with Gasteiger partial charge in [-0.15, -0.1) is 0 Å².